The number of nitrogens with one attached hydrogen (secondary N) is 1. The zero-order valence-corrected chi connectivity index (χ0v) is 20.5. The van der Waals surface area contributed by atoms with Gasteiger partial charge in [0.05, 0.1) is 11.9 Å². The molecule has 0 saturated heterocycles. The molecular formula is C24H32FN3O4S. The fourth-order valence-corrected chi connectivity index (χ4v) is 4.36. The van der Waals surface area contributed by atoms with Crippen LogP contribution in [0.25, 0.3) is 0 Å². The second-order valence-electron chi connectivity index (χ2n) is 8.20. The molecule has 0 aliphatic heterocycles. The Morgan fingerprint density at radius 2 is 1.64 bits per heavy atom. The minimum atomic E-state index is -3.80. The molecule has 1 atom stereocenters. The first-order valence-electron chi connectivity index (χ1n) is 10.8. The first-order valence-corrected chi connectivity index (χ1v) is 12.7. The van der Waals surface area contributed by atoms with Gasteiger partial charge in [0, 0.05) is 13.1 Å². The van der Waals surface area contributed by atoms with Gasteiger partial charge >= 0.3 is 0 Å². The number of carbonyl (C=O) groups is 2. The summed E-state index contributed by atoms with van der Waals surface area (Å²) in [6.07, 6.45) is 1.05. The van der Waals surface area contributed by atoms with E-state index in [0.29, 0.717) is 17.8 Å². The summed E-state index contributed by atoms with van der Waals surface area (Å²) in [5.41, 5.74) is 1.84. The zero-order valence-electron chi connectivity index (χ0n) is 19.7. The van der Waals surface area contributed by atoms with Crippen LogP contribution in [0.5, 0.6) is 0 Å². The highest BCUT2D eigenvalue weighted by Gasteiger charge is 2.30. The Balaban J connectivity index is 2.44. The third-order valence-corrected chi connectivity index (χ3v) is 6.42. The van der Waals surface area contributed by atoms with Crippen molar-refractivity contribution in [1.82, 2.24) is 10.2 Å². The summed E-state index contributed by atoms with van der Waals surface area (Å²) in [5.74, 6) is -1.28. The van der Waals surface area contributed by atoms with E-state index in [1.165, 1.54) is 29.2 Å². The van der Waals surface area contributed by atoms with Gasteiger partial charge < -0.3 is 10.2 Å². The third-order valence-electron chi connectivity index (χ3n) is 5.29. The summed E-state index contributed by atoms with van der Waals surface area (Å²) in [6, 6.07) is 11.8. The van der Waals surface area contributed by atoms with Crippen molar-refractivity contribution in [3.05, 3.63) is 65.5 Å². The Morgan fingerprint density at radius 1 is 1.03 bits per heavy atom. The molecule has 0 saturated carbocycles. The van der Waals surface area contributed by atoms with Crippen LogP contribution in [0.1, 0.15) is 44.7 Å². The number of para-hydroxylation sites is 1. The first-order chi connectivity index (χ1) is 15.5. The Hall–Kier alpha value is -2.94. The van der Waals surface area contributed by atoms with Crippen LogP contribution in [0, 0.1) is 5.82 Å². The molecule has 2 aromatic carbocycles. The van der Waals surface area contributed by atoms with Gasteiger partial charge in [-0.2, -0.15) is 0 Å². The summed E-state index contributed by atoms with van der Waals surface area (Å²) in [5, 5.41) is 2.69. The van der Waals surface area contributed by atoms with E-state index in [-0.39, 0.29) is 18.4 Å². The minimum absolute atomic E-state index is 0.0286. The highest BCUT2D eigenvalue weighted by molar-refractivity contribution is 7.92. The fourth-order valence-electron chi connectivity index (χ4n) is 3.49. The topological polar surface area (TPSA) is 86.8 Å². The summed E-state index contributed by atoms with van der Waals surface area (Å²) in [6.45, 7) is 7.19. The van der Waals surface area contributed by atoms with E-state index in [9.17, 15) is 22.4 Å². The number of halogens is 1. The molecule has 2 amide bonds. The van der Waals surface area contributed by atoms with Gasteiger partial charge in [-0.1, -0.05) is 44.2 Å². The number of likely N-dealkylation sites (N-methyl/N-ethyl adjacent to an activating group) is 1. The lowest BCUT2D eigenvalue weighted by atomic mass is 10.0. The van der Waals surface area contributed by atoms with Crippen molar-refractivity contribution < 1.29 is 22.4 Å². The van der Waals surface area contributed by atoms with Crippen molar-refractivity contribution in [2.24, 2.45) is 0 Å². The van der Waals surface area contributed by atoms with Gasteiger partial charge in [-0.3, -0.25) is 13.9 Å². The Morgan fingerprint density at radius 3 is 2.18 bits per heavy atom. The average Bonchev–Trinajstić information content (AvgIpc) is 2.75. The van der Waals surface area contributed by atoms with Crippen molar-refractivity contribution in [2.45, 2.75) is 46.2 Å². The van der Waals surface area contributed by atoms with E-state index < -0.39 is 34.3 Å². The highest BCUT2D eigenvalue weighted by Crippen LogP contribution is 2.29. The average molecular weight is 478 g/mol. The Labute approximate surface area is 195 Å². The maximum atomic E-state index is 13.4. The third kappa shape index (κ3) is 7.02. The molecule has 0 aromatic heterocycles. The van der Waals surface area contributed by atoms with Crippen LogP contribution in [0.3, 0.4) is 0 Å². The summed E-state index contributed by atoms with van der Waals surface area (Å²) in [4.78, 5) is 27.3. The molecule has 0 radical (unpaired) electrons. The van der Waals surface area contributed by atoms with Gasteiger partial charge in [0.2, 0.25) is 21.8 Å². The van der Waals surface area contributed by atoms with Crippen molar-refractivity contribution in [1.29, 1.82) is 0 Å². The molecule has 0 fully saturated rings. The normalized spacial score (nSPS) is 12.3. The number of nitrogens with zero attached hydrogens (tertiary/aromatic N) is 2. The van der Waals surface area contributed by atoms with E-state index in [1.807, 2.05) is 26.0 Å². The first kappa shape index (κ1) is 26.3. The lowest BCUT2D eigenvalue weighted by Crippen LogP contribution is -2.51. The number of hydrogen-bond acceptors (Lipinski definition) is 4. The molecule has 0 aliphatic rings. The van der Waals surface area contributed by atoms with Gasteiger partial charge in [0.25, 0.3) is 0 Å². The second-order valence-corrected chi connectivity index (χ2v) is 10.1. The van der Waals surface area contributed by atoms with Crippen LogP contribution in [0.2, 0.25) is 0 Å². The number of sulfonamides is 1. The maximum absolute atomic E-state index is 13.4. The van der Waals surface area contributed by atoms with Gasteiger partial charge in [-0.25, -0.2) is 12.8 Å². The molecule has 33 heavy (non-hydrogen) atoms. The molecule has 0 unspecified atom stereocenters. The summed E-state index contributed by atoms with van der Waals surface area (Å²) in [7, 11) is -3.80. The molecule has 0 spiro atoms. The van der Waals surface area contributed by atoms with Crippen LogP contribution in [-0.4, -0.2) is 50.5 Å². The van der Waals surface area contributed by atoms with Crippen LogP contribution in [0.4, 0.5) is 10.1 Å². The number of benzene rings is 2. The molecule has 1 N–H and O–H groups in total. The van der Waals surface area contributed by atoms with Crippen LogP contribution >= 0.6 is 0 Å². The number of hydrogen-bond donors (Lipinski definition) is 1. The molecule has 9 heteroatoms. The predicted octanol–water partition coefficient (Wildman–Crippen LogP) is 3.27. The number of carbonyl (C=O) groups excluding carboxylic acids is 2. The molecule has 0 bridgehead atoms. The molecule has 180 valence electrons. The standard InChI is InChI=1S/C24H32FN3O4S/c1-6-26-24(30)18(4)27(15-19-11-13-20(25)14-12-19)23(29)16-28(33(5,31)32)22-10-8-7-9-21(22)17(2)3/h7-14,17-18H,6,15-16H2,1-5H3,(H,26,30)/t18-/m1/s1. The molecule has 0 aliphatic carbocycles. The Bertz CT molecular complexity index is 1070. The fraction of sp³-hybridized carbons (Fsp3) is 0.417. The molecule has 2 aromatic rings. The second kappa shape index (κ2) is 11.3. The van der Waals surface area contributed by atoms with Crippen molar-refractivity contribution in [2.75, 3.05) is 23.7 Å². The molecule has 0 heterocycles. The Kier molecular flexibility index (Phi) is 8.99. The quantitative estimate of drug-likeness (QED) is 0.569. The smallest absolute Gasteiger partial charge is 0.244 e. The predicted molar refractivity (Wildman–Crippen MR) is 128 cm³/mol. The van der Waals surface area contributed by atoms with E-state index in [1.54, 1.807) is 26.0 Å². The SMILES string of the molecule is CCNC(=O)[C@@H](C)N(Cc1ccc(F)cc1)C(=O)CN(c1ccccc1C(C)C)S(C)(=O)=O. The number of anilines is 1. The summed E-state index contributed by atoms with van der Waals surface area (Å²) >= 11 is 0. The monoisotopic (exact) mass is 477 g/mol. The summed E-state index contributed by atoms with van der Waals surface area (Å²) < 4.78 is 39.8. The van der Waals surface area contributed by atoms with E-state index in [0.717, 1.165) is 16.1 Å². The van der Waals surface area contributed by atoms with Crippen LogP contribution in [0.15, 0.2) is 48.5 Å². The van der Waals surface area contributed by atoms with Crippen LogP contribution < -0.4 is 9.62 Å². The zero-order chi connectivity index (χ0) is 24.8. The number of rotatable bonds is 10. The highest BCUT2D eigenvalue weighted by atomic mass is 32.2. The van der Waals surface area contributed by atoms with E-state index >= 15 is 0 Å². The largest absolute Gasteiger partial charge is 0.355 e. The van der Waals surface area contributed by atoms with E-state index in [4.69, 9.17) is 0 Å². The van der Waals surface area contributed by atoms with Crippen molar-refractivity contribution >= 4 is 27.5 Å². The molecule has 2 rings (SSSR count). The van der Waals surface area contributed by atoms with Crippen molar-refractivity contribution in [3.63, 3.8) is 0 Å². The van der Waals surface area contributed by atoms with Gasteiger partial charge in [-0.15, -0.1) is 0 Å². The van der Waals surface area contributed by atoms with Crippen molar-refractivity contribution in [3.8, 4) is 0 Å². The van der Waals surface area contributed by atoms with Gasteiger partial charge in [0.15, 0.2) is 0 Å². The van der Waals surface area contributed by atoms with Gasteiger partial charge in [0.1, 0.15) is 18.4 Å². The maximum Gasteiger partial charge on any atom is 0.244 e. The molecular weight excluding hydrogens is 445 g/mol. The lowest BCUT2D eigenvalue weighted by molar-refractivity contribution is -0.139. The minimum Gasteiger partial charge on any atom is -0.355 e. The van der Waals surface area contributed by atoms with E-state index in [2.05, 4.69) is 5.32 Å². The van der Waals surface area contributed by atoms with Crippen LogP contribution in [-0.2, 0) is 26.2 Å². The number of amides is 2. The molecule has 7 nitrogen and oxygen atoms in total. The van der Waals surface area contributed by atoms with Gasteiger partial charge in [-0.05, 0) is 49.1 Å². The lowest BCUT2D eigenvalue weighted by Gasteiger charge is -2.32.